The van der Waals surface area contributed by atoms with Gasteiger partial charge in [-0.15, -0.1) is 0 Å². The summed E-state index contributed by atoms with van der Waals surface area (Å²) < 4.78 is 49.2. The van der Waals surface area contributed by atoms with Gasteiger partial charge in [-0.1, -0.05) is 6.07 Å². The molecule has 0 spiro atoms. The fourth-order valence-electron chi connectivity index (χ4n) is 3.08. The van der Waals surface area contributed by atoms with Crippen LogP contribution in [0.1, 0.15) is 24.2 Å². The number of carbonyl (C=O) groups excluding carboxylic acids is 2. The molecule has 1 atom stereocenters. The maximum atomic E-state index is 12.9. The SMILES string of the molecule is O=C(NCCCOCc1ccco1)NC1CC(=O)N(c2cccc(C(F)(F)F)c2)C1. The van der Waals surface area contributed by atoms with Gasteiger partial charge in [0.2, 0.25) is 5.91 Å². The van der Waals surface area contributed by atoms with Gasteiger partial charge in [-0.3, -0.25) is 4.79 Å². The highest BCUT2D eigenvalue weighted by atomic mass is 19.4. The van der Waals surface area contributed by atoms with E-state index in [1.165, 1.54) is 17.0 Å². The summed E-state index contributed by atoms with van der Waals surface area (Å²) in [5.74, 6) is 0.378. The highest BCUT2D eigenvalue weighted by Crippen LogP contribution is 2.32. The molecule has 7 nitrogen and oxygen atoms in total. The molecule has 2 N–H and O–H groups in total. The summed E-state index contributed by atoms with van der Waals surface area (Å²) in [5, 5.41) is 5.35. The molecule has 0 saturated carbocycles. The summed E-state index contributed by atoms with van der Waals surface area (Å²) in [5.41, 5.74) is -0.663. The highest BCUT2D eigenvalue weighted by molar-refractivity contribution is 5.96. The second-order valence-electron chi connectivity index (χ2n) is 6.84. The number of ether oxygens (including phenoxy) is 1. The number of hydrogen-bond donors (Lipinski definition) is 2. The van der Waals surface area contributed by atoms with Gasteiger partial charge in [0.05, 0.1) is 17.9 Å². The summed E-state index contributed by atoms with van der Waals surface area (Å²) in [6, 6.07) is 7.23. The molecule has 10 heteroatoms. The lowest BCUT2D eigenvalue weighted by Crippen LogP contribution is -2.43. The standard InChI is InChI=1S/C20H22F3N3O4/c21-20(22,23)14-4-1-5-16(10-14)26-12-15(11-18(26)27)25-19(28)24-7-3-8-29-13-17-6-2-9-30-17/h1-2,4-6,9-10,15H,3,7-8,11-13H2,(H2,24,25,28). The number of rotatable bonds is 8. The number of nitrogens with zero attached hydrogens (tertiary/aromatic N) is 1. The molecule has 162 valence electrons. The first-order valence-corrected chi connectivity index (χ1v) is 9.45. The topological polar surface area (TPSA) is 83.8 Å². The van der Waals surface area contributed by atoms with E-state index < -0.39 is 23.8 Å². The Hall–Kier alpha value is -3.01. The van der Waals surface area contributed by atoms with Crippen LogP contribution in [0, 0.1) is 0 Å². The molecule has 1 aromatic carbocycles. The second kappa shape index (κ2) is 9.66. The average molecular weight is 425 g/mol. The second-order valence-corrected chi connectivity index (χ2v) is 6.84. The van der Waals surface area contributed by atoms with Crippen molar-refractivity contribution in [3.63, 3.8) is 0 Å². The molecule has 0 radical (unpaired) electrons. The van der Waals surface area contributed by atoms with Crippen LogP contribution in [0.4, 0.5) is 23.7 Å². The minimum atomic E-state index is -4.49. The molecule has 0 bridgehead atoms. The third-order valence-electron chi connectivity index (χ3n) is 4.52. The van der Waals surface area contributed by atoms with E-state index in [0.29, 0.717) is 26.2 Å². The Morgan fingerprint density at radius 1 is 1.27 bits per heavy atom. The lowest BCUT2D eigenvalue weighted by molar-refractivity contribution is -0.137. The number of urea groups is 1. The van der Waals surface area contributed by atoms with Crippen molar-refractivity contribution in [2.24, 2.45) is 0 Å². The van der Waals surface area contributed by atoms with E-state index in [0.717, 1.165) is 17.9 Å². The lowest BCUT2D eigenvalue weighted by atomic mass is 10.2. The van der Waals surface area contributed by atoms with Crippen LogP contribution in [-0.2, 0) is 22.3 Å². The van der Waals surface area contributed by atoms with Gasteiger partial charge in [0.25, 0.3) is 0 Å². The maximum Gasteiger partial charge on any atom is 0.416 e. The number of benzene rings is 1. The van der Waals surface area contributed by atoms with Crippen LogP contribution in [0.3, 0.4) is 0 Å². The number of furan rings is 1. The summed E-state index contributed by atoms with van der Waals surface area (Å²) in [4.78, 5) is 25.5. The van der Waals surface area contributed by atoms with Crippen molar-refractivity contribution in [3.8, 4) is 0 Å². The molecule has 1 aliphatic heterocycles. The summed E-state index contributed by atoms with van der Waals surface area (Å²) in [6.07, 6.45) is -2.31. The zero-order valence-corrected chi connectivity index (χ0v) is 16.1. The fourth-order valence-corrected chi connectivity index (χ4v) is 3.08. The van der Waals surface area contributed by atoms with Crippen molar-refractivity contribution in [3.05, 3.63) is 54.0 Å². The van der Waals surface area contributed by atoms with E-state index in [2.05, 4.69) is 10.6 Å². The number of hydrogen-bond acceptors (Lipinski definition) is 4. The third-order valence-corrected chi connectivity index (χ3v) is 4.52. The Morgan fingerprint density at radius 3 is 2.83 bits per heavy atom. The van der Waals surface area contributed by atoms with E-state index in [-0.39, 0.29) is 24.6 Å². The molecule has 1 aromatic heterocycles. The van der Waals surface area contributed by atoms with Gasteiger partial charge >= 0.3 is 12.2 Å². The number of halogens is 3. The van der Waals surface area contributed by atoms with Crippen LogP contribution >= 0.6 is 0 Å². The van der Waals surface area contributed by atoms with E-state index >= 15 is 0 Å². The van der Waals surface area contributed by atoms with Gasteiger partial charge in [0, 0.05) is 31.8 Å². The van der Waals surface area contributed by atoms with E-state index in [4.69, 9.17) is 9.15 Å². The largest absolute Gasteiger partial charge is 0.467 e. The predicted octanol–water partition coefficient (Wildman–Crippen LogP) is 3.31. The van der Waals surface area contributed by atoms with Gasteiger partial charge in [-0.25, -0.2) is 4.79 Å². The van der Waals surface area contributed by atoms with Crippen molar-refractivity contribution in [1.29, 1.82) is 0 Å². The Kier molecular flexibility index (Phi) is 6.99. The van der Waals surface area contributed by atoms with Crippen molar-refractivity contribution < 1.29 is 31.9 Å². The molecule has 3 amide bonds. The van der Waals surface area contributed by atoms with E-state index in [9.17, 15) is 22.8 Å². The minimum absolute atomic E-state index is 0.0237. The zero-order chi connectivity index (χ0) is 21.6. The van der Waals surface area contributed by atoms with Gasteiger partial charge < -0.3 is 24.7 Å². The minimum Gasteiger partial charge on any atom is -0.467 e. The van der Waals surface area contributed by atoms with Gasteiger partial charge in [0.15, 0.2) is 0 Å². The molecule has 2 heterocycles. The normalized spacial score (nSPS) is 16.7. The number of carbonyl (C=O) groups is 2. The van der Waals surface area contributed by atoms with Crippen molar-refractivity contribution >= 4 is 17.6 Å². The molecule has 30 heavy (non-hydrogen) atoms. The summed E-state index contributed by atoms with van der Waals surface area (Å²) in [6.45, 7) is 1.28. The molecule has 2 aromatic rings. The molecular weight excluding hydrogens is 403 g/mol. The summed E-state index contributed by atoms with van der Waals surface area (Å²) in [7, 11) is 0. The molecule has 1 saturated heterocycles. The van der Waals surface area contributed by atoms with Gasteiger partial charge in [-0.05, 0) is 36.8 Å². The molecular formula is C20H22F3N3O4. The van der Waals surface area contributed by atoms with Crippen LogP contribution in [-0.4, -0.2) is 37.7 Å². The number of nitrogens with one attached hydrogen (secondary N) is 2. The Labute approximate surface area is 171 Å². The molecule has 0 aliphatic carbocycles. The lowest BCUT2D eigenvalue weighted by Gasteiger charge is -2.19. The van der Waals surface area contributed by atoms with E-state index in [1.54, 1.807) is 18.4 Å². The number of amides is 3. The van der Waals surface area contributed by atoms with Crippen LogP contribution in [0.15, 0.2) is 47.1 Å². The molecule has 3 rings (SSSR count). The zero-order valence-electron chi connectivity index (χ0n) is 16.1. The predicted molar refractivity (Wildman–Crippen MR) is 102 cm³/mol. The van der Waals surface area contributed by atoms with Crippen LogP contribution in [0.2, 0.25) is 0 Å². The first-order chi connectivity index (χ1) is 14.3. The highest BCUT2D eigenvalue weighted by Gasteiger charge is 2.34. The van der Waals surface area contributed by atoms with Gasteiger partial charge in [0.1, 0.15) is 12.4 Å². The quantitative estimate of drug-likeness (QED) is 0.636. The monoisotopic (exact) mass is 425 g/mol. The smallest absolute Gasteiger partial charge is 0.416 e. The van der Waals surface area contributed by atoms with E-state index in [1.807, 2.05) is 0 Å². The maximum absolute atomic E-state index is 12.9. The third kappa shape index (κ3) is 5.99. The fraction of sp³-hybridized carbons (Fsp3) is 0.400. The molecule has 1 fully saturated rings. The van der Waals surface area contributed by atoms with Crippen LogP contribution < -0.4 is 15.5 Å². The van der Waals surface area contributed by atoms with Crippen molar-refractivity contribution in [1.82, 2.24) is 10.6 Å². The first kappa shape index (κ1) is 21.7. The Morgan fingerprint density at radius 2 is 2.10 bits per heavy atom. The summed E-state index contributed by atoms with van der Waals surface area (Å²) >= 11 is 0. The van der Waals surface area contributed by atoms with Crippen LogP contribution in [0.25, 0.3) is 0 Å². The molecule has 1 aliphatic rings. The number of anilines is 1. The number of alkyl halides is 3. The average Bonchev–Trinajstić information content (AvgIpc) is 3.33. The van der Waals surface area contributed by atoms with Crippen molar-refractivity contribution in [2.75, 3.05) is 24.6 Å². The Bertz CT molecular complexity index is 855. The van der Waals surface area contributed by atoms with Gasteiger partial charge in [-0.2, -0.15) is 13.2 Å². The molecule has 1 unspecified atom stereocenters. The first-order valence-electron chi connectivity index (χ1n) is 9.45. The van der Waals surface area contributed by atoms with Crippen molar-refractivity contribution in [2.45, 2.75) is 31.7 Å². The Balaban J connectivity index is 1.39. The van der Waals surface area contributed by atoms with Crippen LogP contribution in [0.5, 0.6) is 0 Å².